The van der Waals surface area contributed by atoms with Gasteiger partial charge in [-0.1, -0.05) is 34.1 Å². The maximum Gasteiger partial charge on any atom is 0.306 e. The number of carboxylic acids is 1. The first-order chi connectivity index (χ1) is 49.8. The topological polar surface area (TPSA) is 515 Å². The number of ether oxygens (including phenoxy) is 8. The van der Waals surface area contributed by atoms with Crippen LogP contribution in [0.5, 0.6) is 5.75 Å². The molecule has 5 rings (SSSR count). The van der Waals surface area contributed by atoms with Crippen LogP contribution in [0.3, 0.4) is 0 Å². The fraction of sp³-hybridized carbons (Fsp3) is 0.687. The van der Waals surface area contributed by atoms with E-state index < -0.39 is 199 Å². The lowest BCUT2D eigenvalue weighted by atomic mass is 9.85. The van der Waals surface area contributed by atoms with Crippen molar-refractivity contribution in [2.45, 2.75) is 120 Å². The van der Waals surface area contributed by atoms with Crippen molar-refractivity contribution in [1.82, 2.24) is 47.1 Å². The van der Waals surface area contributed by atoms with Crippen molar-refractivity contribution in [2.24, 2.45) is 41.1 Å². The summed E-state index contributed by atoms with van der Waals surface area (Å²) in [6, 6.07) is -3.68. The van der Waals surface area contributed by atoms with Gasteiger partial charge < -0.3 is 117 Å². The van der Waals surface area contributed by atoms with Crippen LogP contribution >= 0.6 is 11.8 Å². The number of aromatic nitrogens is 1. The zero-order valence-electron chi connectivity index (χ0n) is 59.7. The molecule has 584 valence electrons. The average molecular weight is 1510 g/mol. The first-order valence-corrected chi connectivity index (χ1v) is 37.2. The lowest BCUT2D eigenvalue weighted by Gasteiger charge is -2.32. The van der Waals surface area contributed by atoms with E-state index >= 15 is 9.00 Å². The number of hydrogen-bond donors (Lipinski definition) is 14. The molecule has 0 radical (unpaired) electrons. The van der Waals surface area contributed by atoms with Crippen LogP contribution in [0.1, 0.15) is 77.3 Å². The molecule has 3 aliphatic heterocycles. The third kappa shape index (κ3) is 29.1. The number of carbonyl (C=O) groups excluding carboxylic acids is 10. The van der Waals surface area contributed by atoms with Gasteiger partial charge in [0.1, 0.15) is 28.9 Å². The molecule has 0 saturated carbocycles. The zero-order chi connectivity index (χ0) is 76.3. The Kier molecular flexibility index (Phi) is 39.0. The van der Waals surface area contributed by atoms with E-state index in [0.29, 0.717) is 126 Å². The highest BCUT2D eigenvalue weighted by atomic mass is 32.2. The van der Waals surface area contributed by atoms with Crippen molar-refractivity contribution < 1.29 is 115 Å². The van der Waals surface area contributed by atoms with Gasteiger partial charge in [-0.3, -0.25) is 56.9 Å². The summed E-state index contributed by atoms with van der Waals surface area (Å²) < 4.78 is 60.4. The van der Waals surface area contributed by atoms with Crippen LogP contribution in [0.25, 0.3) is 10.9 Å². The molecule has 3 unspecified atom stereocenters. The number of hydrogen-bond acceptors (Lipinski definition) is 26. The molecule has 0 spiro atoms. The largest absolute Gasteiger partial charge is 0.496 e. The monoisotopic (exact) mass is 1510 g/mol. The molecule has 3 aliphatic rings. The Morgan fingerprint density at radius 1 is 0.779 bits per heavy atom. The number of aromatic amines is 1. The minimum absolute atomic E-state index is 0.0860. The number of carboxylic acid groups (broad SMARTS) is 1. The van der Waals surface area contributed by atoms with E-state index in [1.807, 2.05) is 0 Å². The van der Waals surface area contributed by atoms with Gasteiger partial charge in [-0.05, 0) is 30.0 Å². The second-order valence-electron chi connectivity index (χ2n) is 25.4. The van der Waals surface area contributed by atoms with Gasteiger partial charge in [0.25, 0.3) is 0 Å². The number of primary amides is 1. The maximum atomic E-state index is 15.4. The molecule has 1 fully saturated rings. The van der Waals surface area contributed by atoms with E-state index in [0.717, 1.165) is 4.90 Å². The fourth-order valence-electron chi connectivity index (χ4n) is 11.4. The van der Waals surface area contributed by atoms with Crippen molar-refractivity contribution in [3.63, 3.8) is 0 Å². The minimum Gasteiger partial charge on any atom is -0.496 e. The zero-order valence-corrected chi connectivity index (χ0v) is 61.3. The van der Waals surface area contributed by atoms with Gasteiger partial charge in [0.15, 0.2) is 11.6 Å². The Labute approximate surface area is 610 Å². The van der Waals surface area contributed by atoms with Gasteiger partial charge in [-0.15, -0.1) is 0 Å². The van der Waals surface area contributed by atoms with E-state index in [1.54, 1.807) is 32.2 Å². The van der Waals surface area contributed by atoms with Crippen molar-refractivity contribution in [2.75, 3.05) is 150 Å². The third-order valence-corrected chi connectivity index (χ3v) is 20.0. The number of Topliss-reactive ketones (excluding diaryl/α,β-unsaturated/α-hetero) is 2. The van der Waals surface area contributed by atoms with Crippen LogP contribution in [-0.4, -0.2) is 286 Å². The number of carbonyl (C=O) groups is 11. The van der Waals surface area contributed by atoms with Gasteiger partial charge in [0.05, 0.1) is 179 Å². The molecule has 1 saturated heterocycles. The molecule has 8 amide bonds. The number of nitrogens with one attached hydrogen (secondary N) is 8. The van der Waals surface area contributed by atoms with Gasteiger partial charge in [-0.2, -0.15) is 11.8 Å². The van der Waals surface area contributed by atoms with Crippen molar-refractivity contribution in [3.05, 3.63) is 35.2 Å². The Morgan fingerprint density at radius 2 is 1.38 bits per heavy atom. The second-order valence-corrected chi connectivity index (χ2v) is 28.0. The van der Waals surface area contributed by atoms with E-state index in [1.165, 1.54) is 32.7 Å². The third-order valence-electron chi connectivity index (χ3n) is 17.6. The fourth-order valence-corrected chi connectivity index (χ4v) is 13.7. The van der Waals surface area contributed by atoms with Crippen LogP contribution in [-0.2, 0) is 109 Å². The molecule has 35 nitrogen and oxygen atoms in total. The van der Waals surface area contributed by atoms with Gasteiger partial charge in [0, 0.05) is 90.9 Å². The smallest absolute Gasteiger partial charge is 0.306 e. The van der Waals surface area contributed by atoms with E-state index in [-0.39, 0.29) is 48.9 Å². The molecule has 104 heavy (non-hydrogen) atoms. The number of benzene rings is 1. The summed E-state index contributed by atoms with van der Waals surface area (Å²) in [7, 11) is -0.969. The Bertz CT molecular complexity index is 3240. The maximum absolute atomic E-state index is 15.4. The van der Waals surface area contributed by atoms with Crippen LogP contribution in [0.2, 0.25) is 0 Å². The summed E-state index contributed by atoms with van der Waals surface area (Å²) in [5, 5.41) is 59.5. The summed E-state index contributed by atoms with van der Waals surface area (Å²) in [6.45, 7) is 8.93. The van der Waals surface area contributed by atoms with Crippen molar-refractivity contribution in [1.29, 1.82) is 0 Å². The molecule has 12 atom stereocenters. The van der Waals surface area contributed by atoms with Gasteiger partial charge >= 0.3 is 5.97 Å². The summed E-state index contributed by atoms with van der Waals surface area (Å²) in [5.41, 5.74) is 12.9. The van der Waals surface area contributed by atoms with Crippen LogP contribution < -0.4 is 53.4 Å². The molecular weight excluding hydrogens is 1410 g/mol. The molecule has 37 heteroatoms. The number of aliphatic hydroxyl groups is 3. The van der Waals surface area contributed by atoms with Crippen molar-refractivity contribution >= 4 is 98.3 Å². The molecule has 4 heterocycles. The first kappa shape index (κ1) is 87.2. The molecule has 0 aliphatic carbocycles. The normalized spacial score (nSPS) is 22.6. The van der Waals surface area contributed by atoms with Crippen molar-refractivity contribution in [3.8, 4) is 5.75 Å². The number of thioether (sulfide) groups is 1. The Hall–Kier alpha value is -7.43. The predicted octanol–water partition coefficient (Wildman–Crippen LogP) is -3.47. The number of aliphatic carboxylic acids is 1. The quantitative estimate of drug-likeness (QED) is 0.0288. The van der Waals surface area contributed by atoms with Gasteiger partial charge in [-0.25, -0.2) is 0 Å². The highest BCUT2D eigenvalue weighted by molar-refractivity contribution is 7.98. The second kappa shape index (κ2) is 46.5. The van der Waals surface area contributed by atoms with Crippen LogP contribution in [0, 0.1) is 29.6 Å². The minimum atomic E-state index is -2.41. The highest BCUT2D eigenvalue weighted by Gasteiger charge is 2.45. The molecule has 2 aromatic rings. The summed E-state index contributed by atoms with van der Waals surface area (Å²) >= 11 is 1.45. The number of nitrogens with two attached hydrogens (primary N) is 2. The number of fused-ring (bicyclic) bond motifs is 5. The number of methoxy groups -OCH3 is 1. The molecule has 1 aromatic carbocycles. The first-order valence-electron chi connectivity index (χ1n) is 34.7. The van der Waals surface area contributed by atoms with Gasteiger partial charge in [0.2, 0.25) is 47.3 Å². The number of aliphatic hydroxyl groups excluding tert-OH is 3. The number of H-pyrrole nitrogens is 1. The Morgan fingerprint density at radius 3 is 1.97 bits per heavy atom. The lowest BCUT2D eigenvalue weighted by Crippen LogP contribution is -2.60. The van der Waals surface area contributed by atoms with Crippen LogP contribution in [0.15, 0.2) is 29.1 Å². The Balaban J connectivity index is 1.21. The molecule has 16 N–H and O–H groups in total. The molecular formula is C67H105N11O24S2. The number of rotatable bonds is 40. The molecule has 1 aromatic heterocycles. The van der Waals surface area contributed by atoms with E-state index in [2.05, 4.69) is 42.2 Å². The molecule has 2 bridgehead atoms. The van der Waals surface area contributed by atoms with Crippen LogP contribution in [0.4, 0.5) is 0 Å². The highest BCUT2D eigenvalue weighted by Crippen LogP contribution is 2.37. The standard InChI is InChI=1S/C67H105N11O24S2/c1-6-39(2)47-28-44(80)33-72-61(87)42-26-48-46-7-8-55(95-5)49(37-103-24-23-102-22-21-101-20-19-100-18-17-99-16-15-98-14-13-97-12-11-96-10-9-70-31-43(68)32-71-57(85)25-40(3)67(92)93)60(46)77-65(48)104(94)38-51(74-58(86)34-73-62(47)88)63(89)75-50(30-56(69)84)66(91)78-35-45(81)29-52(78)64(90)76-59(53(82)27-42)41(4)54(83)36-79/h7-8,31,39-42,45,47,50-52,54,59,70,77,79,81,83H,6,9-30,32-38,68H2,1-5H3,(H2,69,84)(H,71,85)(H,72,87)(H,73,88)(H,74,86)(H,75,89)(H,76,90)(H,92,93)/b43-31-/t39-,40?,41-,42+,45+,47-,50-,51?,52-,54-,59-,104?/m0/s1. The number of nitrogens with zero attached hydrogens (tertiary/aromatic N) is 1. The van der Waals surface area contributed by atoms with E-state index in [4.69, 9.17) is 54.5 Å². The SMILES string of the molecule is CC[C@H](C)[C@@H]1CC(=O)CNC(=O)[C@H]2CC(=O)[C@H]([C@@H](C)[C@@H](O)CO)NC(=O)[C@@H]3C[C@@H](O)CN3C(=O)[C@H](CC(N)=O)NC(=O)C(CS(=O)c3[nH]c4c(CSCCOCCOCCOCCOCCOCCOCCOCCN/C=C(\N)CNC(=O)CC(C)C(=O)O)c(OC)ccc4c3C2)NC(=O)CNC1=O. The number of ketones is 2. The predicted molar refractivity (Wildman–Crippen MR) is 376 cm³/mol. The summed E-state index contributed by atoms with van der Waals surface area (Å²) in [6.07, 6.45) is -3.98. The summed E-state index contributed by atoms with van der Waals surface area (Å²) in [4.78, 5) is 155. The van der Waals surface area contributed by atoms with E-state index in [9.17, 15) is 63.3 Å². The lowest BCUT2D eigenvalue weighted by molar-refractivity contribution is -0.144. The summed E-state index contributed by atoms with van der Waals surface area (Å²) in [5.74, 6) is -14.4. The average Bonchev–Trinajstić information content (AvgIpc) is 1.61. The number of amides is 8.